The van der Waals surface area contributed by atoms with E-state index in [0.717, 1.165) is 23.7 Å². The van der Waals surface area contributed by atoms with Gasteiger partial charge in [-0.3, -0.25) is 0 Å². The number of allylic oxidation sites excluding steroid dienone is 4. The van der Waals surface area contributed by atoms with Gasteiger partial charge < -0.3 is 10.6 Å². The van der Waals surface area contributed by atoms with E-state index in [9.17, 15) is 0 Å². The molecule has 6 fully saturated rings. The largest absolute Gasteiger partial charge is 0.316 e. The predicted octanol–water partition coefficient (Wildman–Crippen LogP) is 5.78. The van der Waals surface area contributed by atoms with Crippen LogP contribution >= 0.6 is 18.5 Å². The van der Waals surface area contributed by atoms with Gasteiger partial charge in [0, 0.05) is 11.1 Å². The number of rotatable bonds is 6. The standard InChI is InChI=1S/C31H44N2P2/c34-19-30(26-11-20-10-21(13-26)14-27(30)12-20)28-15-23(22-4-2-1-3-5-22)16-29(28)31(35,24-6-8-32-17-24)25-7-9-33-18-25/h1-5,15-16,20-21,24-28,32-33H,6-14,17-19,34-35H2. The van der Waals surface area contributed by atoms with Crippen molar-refractivity contribution in [1.82, 2.24) is 10.6 Å². The van der Waals surface area contributed by atoms with Crippen LogP contribution in [0, 0.1) is 46.8 Å². The molecule has 5 unspecified atom stereocenters. The van der Waals surface area contributed by atoms with Crippen LogP contribution in [0.25, 0.3) is 5.57 Å². The van der Waals surface area contributed by atoms with E-state index in [1.165, 1.54) is 88.4 Å². The third-order valence-corrected chi connectivity index (χ3v) is 13.6. The van der Waals surface area contributed by atoms with Gasteiger partial charge in [0.2, 0.25) is 0 Å². The third kappa shape index (κ3) is 3.56. The number of hydrogen-bond acceptors (Lipinski definition) is 2. The molecule has 8 rings (SSSR count). The topological polar surface area (TPSA) is 24.1 Å². The molecule has 2 nitrogen and oxygen atoms in total. The quantitative estimate of drug-likeness (QED) is 0.478. The summed E-state index contributed by atoms with van der Waals surface area (Å²) in [6.07, 6.45) is 16.9. The molecule has 2 aliphatic heterocycles. The average Bonchev–Trinajstić information content (AvgIpc) is 3.67. The molecule has 0 radical (unpaired) electrons. The van der Waals surface area contributed by atoms with Crippen LogP contribution in [-0.2, 0) is 0 Å². The molecule has 0 aromatic heterocycles. The Kier molecular flexibility index (Phi) is 6.10. The van der Waals surface area contributed by atoms with Crippen molar-refractivity contribution in [3.05, 3.63) is 53.6 Å². The average molecular weight is 507 g/mol. The van der Waals surface area contributed by atoms with Crippen LogP contribution in [-0.4, -0.2) is 37.5 Å². The minimum atomic E-state index is 0.187. The van der Waals surface area contributed by atoms with Crippen LogP contribution in [0.1, 0.15) is 50.5 Å². The second-order valence-electron chi connectivity index (χ2n) is 13.0. The van der Waals surface area contributed by atoms with Gasteiger partial charge in [-0.2, -0.15) is 0 Å². The lowest BCUT2D eigenvalue weighted by Crippen LogP contribution is -2.58. The van der Waals surface area contributed by atoms with E-state index in [-0.39, 0.29) is 5.16 Å². The van der Waals surface area contributed by atoms with Crippen LogP contribution in [0.3, 0.4) is 0 Å². The van der Waals surface area contributed by atoms with Crippen molar-refractivity contribution in [3.63, 3.8) is 0 Å². The van der Waals surface area contributed by atoms with E-state index in [1.807, 2.05) is 0 Å². The molecule has 2 N–H and O–H groups in total. The van der Waals surface area contributed by atoms with Crippen LogP contribution in [0.4, 0.5) is 0 Å². The van der Waals surface area contributed by atoms with Gasteiger partial charge in [-0.25, -0.2) is 0 Å². The second kappa shape index (κ2) is 9.05. The lowest BCUT2D eigenvalue weighted by Gasteiger charge is -2.64. The number of nitrogens with one attached hydrogen (secondary N) is 2. The summed E-state index contributed by atoms with van der Waals surface area (Å²) in [5.74, 6) is 5.88. The van der Waals surface area contributed by atoms with Gasteiger partial charge in [-0.1, -0.05) is 48.1 Å². The smallest absolute Gasteiger partial charge is 0.0147 e. The molecule has 2 saturated heterocycles. The highest BCUT2D eigenvalue weighted by molar-refractivity contribution is 7.19. The van der Waals surface area contributed by atoms with Crippen LogP contribution < -0.4 is 10.6 Å². The Balaban J connectivity index is 1.38. The maximum atomic E-state index is 3.76. The Morgan fingerprint density at radius 1 is 0.857 bits per heavy atom. The molecular weight excluding hydrogens is 462 g/mol. The van der Waals surface area contributed by atoms with Crippen LogP contribution in [0.2, 0.25) is 0 Å². The maximum Gasteiger partial charge on any atom is 0.0147 e. The second-order valence-corrected chi connectivity index (χ2v) is 14.4. The van der Waals surface area contributed by atoms with Crippen molar-refractivity contribution in [2.45, 2.75) is 50.1 Å². The minimum Gasteiger partial charge on any atom is -0.316 e. The monoisotopic (exact) mass is 506 g/mol. The van der Waals surface area contributed by atoms with E-state index < -0.39 is 0 Å². The van der Waals surface area contributed by atoms with Gasteiger partial charge in [-0.15, -0.1) is 18.5 Å². The first-order valence-electron chi connectivity index (χ1n) is 14.5. The van der Waals surface area contributed by atoms with Gasteiger partial charge in [0.25, 0.3) is 0 Å². The zero-order valence-electron chi connectivity index (χ0n) is 21.2. The molecule has 1 aromatic carbocycles. The third-order valence-electron chi connectivity index (χ3n) is 11.7. The molecule has 0 amide bonds. The van der Waals surface area contributed by atoms with Crippen LogP contribution in [0.5, 0.6) is 0 Å². The Bertz CT molecular complexity index is 958. The summed E-state index contributed by atoms with van der Waals surface area (Å²) in [7, 11) is 6.86. The lowest BCUT2D eigenvalue weighted by molar-refractivity contribution is -0.112. The molecular formula is C31H44N2P2. The van der Waals surface area contributed by atoms with E-state index >= 15 is 0 Å². The van der Waals surface area contributed by atoms with Gasteiger partial charge in [-0.05, 0) is 129 Å². The molecule has 0 spiro atoms. The molecule has 4 bridgehead atoms. The van der Waals surface area contributed by atoms with Crippen LogP contribution in [0.15, 0.2) is 48.1 Å². The first-order chi connectivity index (χ1) is 17.1. The minimum absolute atomic E-state index is 0.187. The van der Waals surface area contributed by atoms with Gasteiger partial charge in [0.1, 0.15) is 0 Å². The van der Waals surface area contributed by atoms with E-state index in [2.05, 4.69) is 71.6 Å². The van der Waals surface area contributed by atoms with E-state index in [0.29, 0.717) is 23.2 Å². The highest BCUT2D eigenvalue weighted by Crippen LogP contribution is 2.69. The Morgan fingerprint density at radius 3 is 1.97 bits per heavy atom. The van der Waals surface area contributed by atoms with Gasteiger partial charge in [0.15, 0.2) is 0 Å². The molecule has 5 atom stereocenters. The van der Waals surface area contributed by atoms with Crippen molar-refractivity contribution >= 4 is 24.1 Å². The summed E-state index contributed by atoms with van der Waals surface area (Å²) >= 11 is 0. The fraction of sp³-hybridized carbons (Fsp3) is 0.677. The first-order valence-corrected chi connectivity index (χ1v) is 15.9. The van der Waals surface area contributed by atoms with Crippen molar-refractivity contribution in [2.75, 3.05) is 32.3 Å². The van der Waals surface area contributed by atoms with E-state index in [1.54, 1.807) is 5.57 Å². The van der Waals surface area contributed by atoms with Gasteiger partial charge in [0.05, 0.1) is 0 Å². The summed E-state index contributed by atoms with van der Waals surface area (Å²) in [4.78, 5) is 0. The van der Waals surface area contributed by atoms with Crippen molar-refractivity contribution in [2.24, 2.45) is 46.8 Å². The van der Waals surface area contributed by atoms with Crippen molar-refractivity contribution < 1.29 is 0 Å². The highest BCUT2D eigenvalue weighted by Gasteiger charge is 2.62. The fourth-order valence-corrected chi connectivity index (χ4v) is 11.9. The molecule has 2 heterocycles. The number of benzene rings is 1. The molecule has 4 saturated carbocycles. The molecule has 35 heavy (non-hydrogen) atoms. The SMILES string of the molecule is PCC1(C2C=C(c3ccccc3)C=C2C(P)(C2CCNC2)C2CCNC2)C2CC3CC(C2)CC1C3. The molecule has 4 heteroatoms. The fourth-order valence-electron chi connectivity index (χ4n) is 10.2. The predicted molar refractivity (Wildman–Crippen MR) is 154 cm³/mol. The normalized spacial score (nSPS) is 43.9. The Labute approximate surface area is 217 Å². The molecule has 188 valence electrons. The zero-order chi connectivity index (χ0) is 23.6. The maximum absolute atomic E-state index is 3.76. The molecule has 7 aliphatic rings. The van der Waals surface area contributed by atoms with Gasteiger partial charge >= 0.3 is 0 Å². The van der Waals surface area contributed by atoms with Crippen molar-refractivity contribution in [1.29, 1.82) is 0 Å². The summed E-state index contributed by atoms with van der Waals surface area (Å²) in [5, 5.41) is 7.70. The molecule has 5 aliphatic carbocycles. The Morgan fingerprint density at radius 2 is 1.46 bits per heavy atom. The van der Waals surface area contributed by atoms with E-state index in [4.69, 9.17) is 0 Å². The molecule has 1 aromatic rings. The summed E-state index contributed by atoms with van der Waals surface area (Å²) in [6.45, 7) is 4.72. The summed E-state index contributed by atoms with van der Waals surface area (Å²) in [6, 6.07) is 11.3. The Hall–Kier alpha value is -0.520. The summed E-state index contributed by atoms with van der Waals surface area (Å²) < 4.78 is 0. The zero-order valence-corrected chi connectivity index (χ0v) is 23.5. The van der Waals surface area contributed by atoms with Crippen molar-refractivity contribution in [3.8, 4) is 0 Å². The summed E-state index contributed by atoms with van der Waals surface area (Å²) in [5.41, 5.74) is 5.14. The highest BCUT2D eigenvalue weighted by atomic mass is 31.0. The number of hydrogen-bond donors (Lipinski definition) is 2. The lowest BCUT2D eigenvalue weighted by atomic mass is 9.42. The first kappa shape index (κ1) is 23.6.